The summed E-state index contributed by atoms with van der Waals surface area (Å²) in [6, 6.07) is 0. The quantitative estimate of drug-likeness (QED) is 0.613. The summed E-state index contributed by atoms with van der Waals surface area (Å²) in [5, 5.41) is 0. The minimum Gasteiger partial charge on any atom is -0.303 e. The monoisotopic (exact) mass is 196 g/mol. The molecule has 0 bridgehead atoms. The van der Waals surface area contributed by atoms with E-state index >= 15 is 0 Å². The first-order valence-corrected chi connectivity index (χ1v) is 6.12. The van der Waals surface area contributed by atoms with E-state index in [-0.39, 0.29) is 0 Å². The summed E-state index contributed by atoms with van der Waals surface area (Å²) >= 11 is 0. The maximum absolute atomic E-state index is 10.6. The Balaban J connectivity index is 2.33. The lowest BCUT2D eigenvalue weighted by atomic mass is 9.84. The molecule has 1 aliphatic carbocycles. The molecular weight excluding hydrogens is 172 g/mol. The normalized spacial score (nSPS) is 29.4. The fraction of sp³-hybridized carbons (Fsp3) is 0.923. The Bertz CT molecular complexity index is 174. The Morgan fingerprint density at radius 3 is 2.50 bits per heavy atom. The molecule has 0 aromatic carbocycles. The molecule has 0 spiro atoms. The van der Waals surface area contributed by atoms with Gasteiger partial charge in [-0.3, -0.25) is 0 Å². The molecule has 0 aromatic rings. The van der Waals surface area contributed by atoms with Crippen LogP contribution in [-0.2, 0) is 4.79 Å². The molecule has 0 saturated heterocycles. The molecule has 0 amide bonds. The predicted molar refractivity (Wildman–Crippen MR) is 60.1 cm³/mol. The number of carbonyl (C=O) groups excluding carboxylic acids is 1. The van der Waals surface area contributed by atoms with Crippen molar-refractivity contribution in [3.8, 4) is 0 Å². The fourth-order valence-corrected chi connectivity index (χ4v) is 2.79. The molecule has 3 atom stereocenters. The van der Waals surface area contributed by atoms with Crippen LogP contribution in [0.1, 0.15) is 52.9 Å². The van der Waals surface area contributed by atoms with Crippen molar-refractivity contribution in [1.29, 1.82) is 0 Å². The molecular formula is C13H24O. The molecule has 1 rings (SSSR count). The molecule has 0 aliphatic heterocycles. The summed E-state index contributed by atoms with van der Waals surface area (Å²) in [7, 11) is 0. The van der Waals surface area contributed by atoms with Crippen LogP contribution in [0.4, 0.5) is 0 Å². The van der Waals surface area contributed by atoms with Crippen LogP contribution in [0.3, 0.4) is 0 Å². The summed E-state index contributed by atoms with van der Waals surface area (Å²) in [6.45, 7) is 6.93. The molecule has 3 unspecified atom stereocenters. The Morgan fingerprint density at radius 1 is 1.36 bits per heavy atom. The van der Waals surface area contributed by atoms with Crippen LogP contribution in [0.2, 0.25) is 0 Å². The van der Waals surface area contributed by atoms with Crippen LogP contribution in [0, 0.1) is 23.7 Å². The van der Waals surface area contributed by atoms with Gasteiger partial charge in [0, 0.05) is 5.92 Å². The van der Waals surface area contributed by atoms with E-state index in [1.54, 1.807) is 0 Å². The molecule has 1 heteroatoms. The van der Waals surface area contributed by atoms with Gasteiger partial charge in [0.05, 0.1) is 0 Å². The van der Waals surface area contributed by atoms with Gasteiger partial charge in [-0.05, 0) is 43.4 Å². The van der Waals surface area contributed by atoms with Gasteiger partial charge in [0.25, 0.3) is 0 Å². The zero-order valence-corrected chi connectivity index (χ0v) is 9.83. The van der Waals surface area contributed by atoms with Crippen molar-refractivity contribution in [2.24, 2.45) is 23.7 Å². The predicted octanol–water partition coefficient (Wildman–Crippen LogP) is 3.67. The highest BCUT2D eigenvalue weighted by Crippen LogP contribution is 2.36. The van der Waals surface area contributed by atoms with Crippen molar-refractivity contribution in [1.82, 2.24) is 0 Å². The van der Waals surface area contributed by atoms with E-state index in [0.717, 1.165) is 36.9 Å². The van der Waals surface area contributed by atoms with E-state index in [4.69, 9.17) is 0 Å². The lowest BCUT2D eigenvalue weighted by molar-refractivity contribution is -0.111. The van der Waals surface area contributed by atoms with E-state index in [9.17, 15) is 4.79 Å². The third-order valence-corrected chi connectivity index (χ3v) is 3.88. The van der Waals surface area contributed by atoms with Crippen LogP contribution in [-0.4, -0.2) is 6.29 Å². The minimum absolute atomic E-state index is 0.379. The van der Waals surface area contributed by atoms with Crippen molar-refractivity contribution in [3.05, 3.63) is 0 Å². The highest BCUT2D eigenvalue weighted by Gasteiger charge is 2.26. The maximum atomic E-state index is 10.6. The van der Waals surface area contributed by atoms with Crippen LogP contribution < -0.4 is 0 Å². The van der Waals surface area contributed by atoms with Gasteiger partial charge in [-0.1, -0.05) is 27.2 Å². The van der Waals surface area contributed by atoms with Gasteiger partial charge in [-0.15, -0.1) is 0 Å². The van der Waals surface area contributed by atoms with E-state index in [1.165, 1.54) is 19.3 Å². The zero-order valence-electron chi connectivity index (χ0n) is 9.83. The van der Waals surface area contributed by atoms with E-state index in [2.05, 4.69) is 20.8 Å². The highest BCUT2D eigenvalue weighted by molar-refractivity contribution is 5.53. The molecule has 0 N–H and O–H groups in total. The molecule has 82 valence electrons. The summed E-state index contributed by atoms with van der Waals surface area (Å²) in [4.78, 5) is 10.6. The van der Waals surface area contributed by atoms with Gasteiger partial charge in [-0.2, -0.15) is 0 Å². The van der Waals surface area contributed by atoms with Crippen molar-refractivity contribution in [3.63, 3.8) is 0 Å². The number of carbonyl (C=O) groups is 1. The molecule has 1 nitrogen and oxygen atoms in total. The molecule has 14 heavy (non-hydrogen) atoms. The molecule has 1 aliphatic rings. The number of aldehydes is 1. The van der Waals surface area contributed by atoms with Crippen LogP contribution in [0.15, 0.2) is 0 Å². The lowest BCUT2D eigenvalue weighted by Gasteiger charge is -2.22. The van der Waals surface area contributed by atoms with E-state index in [0.29, 0.717) is 5.92 Å². The smallest absolute Gasteiger partial charge is 0.123 e. The number of hydrogen-bond donors (Lipinski definition) is 0. The molecule has 0 aromatic heterocycles. The van der Waals surface area contributed by atoms with E-state index in [1.807, 2.05) is 0 Å². The van der Waals surface area contributed by atoms with Gasteiger partial charge in [0.1, 0.15) is 6.29 Å². The second-order valence-corrected chi connectivity index (χ2v) is 5.22. The summed E-state index contributed by atoms with van der Waals surface area (Å²) in [6.07, 6.45) is 7.39. The SMILES string of the molecule is CCC(CC1CCC(C=O)C1)C(C)C. The number of hydrogen-bond acceptors (Lipinski definition) is 1. The first-order chi connectivity index (χ1) is 6.67. The Morgan fingerprint density at radius 2 is 2.07 bits per heavy atom. The third kappa shape index (κ3) is 3.11. The van der Waals surface area contributed by atoms with Gasteiger partial charge in [0.15, 0.2) is 0 Å². The van der Waals surface area contributed by atoms with Crippen LogP contribution in [0.25, 0.3) is 0 Å². The largest absolute Gasteiger partial charge is 0.303 e. The fourth-order valence-electron chi connectivity index (χ4n) is 2.79. The van der Waals surface area contributed by atoms with Gasteiger partial charge in [-0.25, -0.2) is 0 Å². The van der Waals surface area contributed by atoms with Gasteiger partial charge < -0.3 is 4.79 Å². The third-order valence-electron chi connectivity index (χ3n) is 3.88. The summed E-state index contributed by atoms with van der Waals surface area (Å²) in [5.41, 5.74) is 0. The Labute approximate surface area is 88.3 Å². The second-order valence-electron chi connectivity index (χ2n) is 5.22. The average Bonchev–Trinajstić information content (AvgIpc) is 2.61. The summed E-state index contributed by atoms with van der Waals surface area (Å²) in [5.74, 6) is 2.88. The van der Waals surface area contributed by atoms with Crippen molar-refractivity contribution >= 4 is 6.29 Å². The van der Waals surface area contributed by atoms with Crippen molar-refractivity contribution < 1.29 is 4.79 Å². The Hall–Kier alpha value is -0.330. The molecule has 1 fully saturated rings. The topological polar surface area (TPSA) is 17.1 Å². The number of rotatable bonds is 5. The average molecular weight is 196 g/mol. The standard InChI is InChI=1S/C13H24O/c1-4-13(10(2)3)8-11-5-6-12(7-11)9-14/h9-13H,4-8H2,1-3H3. The van der Waals surface area contributed by atoms with Crippen molar-refractivity contribution in [2.45, 2.75) is 52.9 Å². The van der Waals surface area contributed by atoms with Crippen molar-refractivity contribution in [2.75, 3.05) is 0 Å². The minimum atomic E-state index is 0.379. The first-order valence-electron chi connectivity index (χ1n) is 6.12. The second kappa shape index (κ2) is 5.53. The van der Waals surface area contributed by atoms with Gasteiger partial charge >= 0.3 is 0 Å². The molecule has 0 heterocycles. The van der Waals surface area contributed by atoms with Crippen LogP contribution in [0.5, 0.6) is 0 Å². The molecule has 0 radical (unpaired) electrons. The molecule has 1 saturated carbocycles. The van der Waals surface area contributed by atoms with Crippen LogP contribution >= 0.6 is 0 Å². The highest BCUT2D eigenvalue weighted by atomic mass is 16.1. The van der Waals surface area contributed by atoms with E-state index < -0.39 is 0 Å². The Kier molecular flexibility index (Phi) is 4.64. The first kappa shape index (κ1) is 11.7. The summed E-state index contributed by atoms with van der Waals surface area (Å²) < 4.78 is 0. The zero-order chi connectivity index (χ0) is 10.6. The maximum Gasteiger partial charge on any atom is 0.123 e. The lowest BCUT2D eigenvalue weighted by Crippen LogP contribution is -2.12. The van der Waals surface area contributed by atoms with Gasteiger partial charge in [0.2, 0.25) is 0 Å².